The van der Waals surface area contributed by atoms with Crippen molar-refractivity contribution in [2.75, 3.05) is 42.9 Å². The molecule has 1 aliphatic carbocycles. The van der Waals surface area contributed by atoms with Crippen molar-refractivity contribution < 1.29 is 14.4 Å². The van der Waals surface area contributed by atoms with Gasteiger partial charge in [-0.2, -0.15) is 0 Å². The summed E-state index contributed by atoms with van der Waals surface area (Å²) in [6.07, 6.45) is 4.93. The molecule has 2 fully saturated rings. The normalized spacial score (nSPS) is 19.7. The van der Waals surface area contributed by atoms with Crippen LogP contribution in [-0.4, -0.2) is 65.3 Å². The Hall–Kier alpha value is -3.49. The number of nitrogens with one attached hydrogen (secondary N) is 2. The molecule has 33 heavy (non-hydrogen) atoms. The molecular weight excluding hydrogens is 420 g/mol. The van der Waals surface area contributed by atoms with E-state index in [-0.39, 0.29) is 30.1 Å². The highest BCUT2D eigenvalue weighted by Crippen LogP contribution is 2.37. The maximum atomic E-state index is 12.7. The van der Waals surface area contributed by atoms with E-state index in [9.17, 15) is 14.4 Å². The molecule has 1 saturated carbocycles. The zero-order valence-electron chi connectivity index (χ0n) is 18.9. The fraction of sp³-hybridized carbons (Fsp3) is 0.458. The van der Waals surface area contributed by atoms with Gasteiger partial charge in [0.05, 0.1) is 6.42 Å². The second kappa shape index (κ2) is 10.4. The Morgan fingerprint density at radius 1 is 1.03 bits per heavy atom. The third kappa shape index (κ3) is 6.27. The fourth-order valence-corrected chi connectivity index (χ4v) is 3.94. The molecule has 2 aliphatic rings. The highest BCUT2D eigenvalue weighted by Gasteiger charge is 2.38. The fourth-order valence-electron chi connectivity index (χ4n) is 3.94. The van der Waals surface area contributed by atoms with Crippen molar-refractivity contribution in [3.05, 3.63) is 48.3 Å². The summed E-state index contributed by atoms with van der Waals surface area (Å²) in [5.41, 5.74) is 1.58. The van der Waals surface area contributed by atoms with Crippen LogP contribution in [0.3, 0.4) is 0 Å². The quantitative estimate of drug-likeness (QED) is 0.631. The molecule has 0 radical (unpaired) electrons. The maximum Gasteiger partial charge on any atom is 0.227 e. The van der Waals surface area contributed by atoms with Gasteiger partial charge in [-0.3, -0.25) is 14.4 Å². The molecule has 3 amide bonds. The minimum atomic E-state index is -0.150. The van der Waals surface area contributed by atoms with Crippen molar-refractivity contribution in [1.29, 1.82) is 0 Å². The number of carbonyl (C=O) groups excluding carboxylic acids is 3. The number of benzene rings is 1. The number of aromatic nitrogens is 2. The largest absolute Gasteiger partial charge is 0.355 e. The lowest BCUT2D eigenvalue weighted by molar-refractivity contribution is -0.130. The van der Waals surface area contributed by atoms with Gasteiger partial charge in [-0.05, 0) is 36.1 Å². The third-order valence-electron chi connectivity index (χ3n) is 6.16. The van der Waals surface area contributed by atoms with Crippen LogP contribution in [0.4, 0.5) is 11.6 Å². The number of hydrogen-bond acceptors (Lipinski definition) is 6. The third-order valence-corrected chi connectivity index (χ3v) is 6.16. The van der Waals surface area contributed by atoms with Crippen LogP contribution in [0.5, 0.6) is 0 Å². The monoisotopic (exact) mass is 450 g/mol. The van der Waals surface area contributed by atoms with Gasteiger partial charge in [0.2, 0.25) is 23.7 Å². The molecule has 1 aromatic heterocycles. The number of hydrogen-bond donors (Lipinski definition) is 2. The second-order valence-corrected chi connectivity index (χ2v) is 8.70. The van der Waals surface area contributed by atoms with Gasteiger partial charge in [-0.1, -0.05) is 19.1 Å². The molecule has 2 unspecified atom stereocenters. The van der Waals surface area contributed by atoms with E-state index in [1.54, 1.807) is 30.6 Å². The first kappa shape index (κ1) is 22.7. The molecule has 1 aromatic carbocycles. The van der Waals surface area contributed by atoms with Crippen molar-refractivity contribution in [3.63, 3.8) is 0 Å². The van der Waals surface area contributed by atoms with Crippen LogP contribution >= 0.6 is 0 Å². The molecule has 2 atom stereocenters. The average Bonchev–Trinajstić information content (AvgIpc) is 3.57. The van der Waals surface area contributed by atoms with Gasteiger partial charge in [-0.15, -0.1) is 0 Å². The summed E-state index contributed by atoms with van der Waals surface area (Å²) in [5.74, 6) is 1.24. The summed E-state index contributed by atoms with van der Waals surface area (Å²) in [6, 6.07) is 9.11. The highest BCUT2D eigenvalue weighted by atomic mass is 16.2. The van der Waals surface area contributed by atoms with Gasteiger partial charge < -0.3 is 20.4 Å². The first-order chi connectivity index (χ1) is 16.0. The molecular formula is C24H30N6O3. The number of rotatable bonds is 8. The topological polar surface area (TPSA) is 108 Å². The highest BCUT2D eigenvalue weighted by molar-refractivity contribution is 5.91. The summed E-state index contributed by atoms with van der Waals surface area (Å²) in [5, 5.41) is 5.64. The first-order valence-electron chi connectivity index (χ1n) is 11.5. The summed E-state index contributed by atoms with van der Waals surface area (Å²) in [6.45, 7) is 5.09. The molecule has 9 heteroatoms. The standard InChI is InChI=1S/C24H30N6O3/c1-17-15-20(17)23(33)25-10-7-21(31)28-19-5-3-18(4-6-19)16-22(32)29-11-13-30(14-12-29)24-26-8-2-9-27-24/h2-6,8-9,17,20H,7,10-16H2,1H3,(H,25,33)(H,28,31). The molecule has 174 valence electrons. The van der Waals surface area contributed by atoms with Crippen LogP contribution < -0.4 is 15.5 Å². The lowest BCUT2D eigenvalue weighted by atomic mass is 10.1. The SMILES string of the molecule is CC1CC1C(=O)NCCC(=O)Nc1ccc(CC(=O)N2CCN(c3ncccn3)CC2)cc1. The van der Waals surface area contributed by atoms with Crippen LogP contribution in [0.2, 0.25) is 0 Å². The molecule has 1 aliphatic heterocycles. The minimum Gasteiger partial charge on any atom is -0.355 e. The molecule has 1 saturated heterocycles. The van der Waals surface area contributed by atoms with Crippen LogP contribution in [-0.2, 0) is 20.8 Å². The van der Waals surface area contributed by atoms with Gasteiger partial charge >= 0.3 is 0 Å². The summed E-state index contributed by atoms with van der Waals surface area (Å²) in [4.78, 5) is 49.1. The molecule has 0 spiro atoms. The number of amides is 3. The Morgan fingerprint density at radius 2 is 1.70 bits per heavy atom. The molecule has 0 bridgehead atoms. The summed E-state index contributed by atoms with van der Waals surface area (Å²) >= 11 is 0. The van der Waals surface area contributed by atoms with E-state index in [4.69, 9.17) is 0 Å². The predicted molar refractivity (Wildman–Crippen MR) is 124 cm³/mol. The van der Waals surface area contributed by atoms with Crippen LogP contribution in [0.15, 0.2) is 42.7 Å². The van der Waals surface area contributed by atoms with E-state index in [1.807, 2.05) is 17.0 Å². The van der Waals surface area contributed by atoms with Crippen LogP contribution in [0, 0.1) is 11.8 Å². The van der Waals surface area contributed by atoms with Gasteiger partial charge in [-0.25, -0.2) is 9.97 Å². The van der Waals surface area contributed by atoms with Gasteiger partial charge in [0, 0.05) is 63.1 Å². The van der Waals surface area contributed by atoms with Crippen molar-refractivity contribution in [3.8, 4) is 0 Å². The van der Waals surface area contributed by atoms with E-state index in [2.05, 4.69) is 32.4 Å². The van der Waals surface area contributed by atoms with Gasteiger partial charge in [0.25, 0.3) is 0 Å². The number of nitrogens with zero attached hydrogens (tertiary/aromatic N) is 4. The number of anilines is 2. The van der Waals surface area contributed by atoms with Gasteiger partial charge in [0.15, 0.2) is 0 Å². The Labute approximate surface area is 193 Å². The lowest BCUT2D eigenvalue weighted by Gasteiger charge is -2.34. The van der Waals surface area contributed by atoms with Crippen molar-refractivity contribution >= 4 is 29.4 Å². The Bertz CT molecular complexity index is 973. The Kier molecular flexibility index (Phi) is 7.16. The molecule has 9 nitrogen and oxygen atoms in total. The van der Waals surface area contributed by atoms with Crippen molar-refractivity contribution in [2.24, 2.45) is 11.8 Å². The van der Waals surface area contributed by atoms with Gasteiger partial charge in [0.1, 0.15) is 0 Å². The van der Waals surface area contributed by atoms with Crippen LogP contribution in [0.25, 0.3) is 0 Å². The maximum absolute atomic E-state index is 12.7. The van der Waals surface area contributed by atoms with E-state index in [1.165, 1.54) is 0 Å². The average molecular weight is 451 g/mol. The van der Waals surface area contributed by atoms with Crippen molar-refractivity contribution in [2.45, 2.75) is 26.2 Å². The zero-order chi connectivity index (χ0) is 23.2. The van der Waals surface area contributed by atoms with E-state index in [0.29, 0.717) is 56.7 Å². The number of carbonyl (C=O) groups is 3. The lowest BCUT2D eigenvalue weighted by Crippen LogP contribution is -2.49. The van der Waals surface area contributed by atoms with Crippen molar-refractivity contribution in [1.82, 2.24) is 20.2 Å². The number of piperazine rings is 1. The first-order valence-corrected chi connectivity index (χ1v) is 11.5. The molecule has 2 N–H and O–H groups in total. The smallest absolute Gasteiger partial charge is 0.227 e. The summed E-state index contributed by atoms with van der Waals surface area (Å²) < 4.78 is 0. The van der Waals surface area contributed by atoms with E-state index in [0.717, 1.165) is 12.0 Å². The predicted octanol–water partition coefficient (Wildman–Crippen LogP) is 1.47. The Balaban J connectivity index is 1.17. The Morgan fingerprint density at radius 3 is 2.33 bits per heavy atom. The second-order valence-electron chi connectivity index (χ2n) is 8.70. The van der Waals surface area contributed by atoms with E-state index < -0.39 is 0 Å². The molecule has 2 aromatic rings. The van der Waals surface area contributed by atoms with Crippen LogP contribution in [0.1, 0.15) is 25.3 Å². The summed E-state index contributed by atoms with van der Waals surface area (Å²) in [7, 11) is 0. The molecule has 4 rings (SSSR count). The zero-order valence-corrected chi connectivity index (χ0v) is 18.9. The molecule has 2 heterocycles. The van der Waals surface area contributed by atoms with E-state index >= 15 is 0 Å². The minimum absolute atomic E-state index is 0.0409.